The average Bonchev–Trinajstić information content (AvgIpc) is 3.12. The number of hydrogen-bond acceptors (Lipinski definition) is 2. The lowest BCUT2D eigenvalue weighted by Gasteiger charge is -2.25. The number of aromatic nitrogens is 1. The molecule has 2 aromatic rings. The zero-order valence-corrected chi connectivity index (χ0v) is 13.0. The first-order valence-corrected chi connectivity index (χ1v) is 7.57. The van der Waals surface area contributed by atoms with Crippen molar-refractivity contribution in [2.24, 2.45) is 0 Å². The number of likely N-dealkylation sites (tertiary alicyclic amines) is 1. The molecule has 0 radical (unpaired) electrons. The van der Waals surface area contributed by atoms with Crippen LogP contribution in [-0.2, 0) is 6.18 Å². The Morgan fingerprint density at radius 1 is 1.25 bits per heavy atom. The quantitative estimate of drug-likeness (QED) is 0.883. The van der Waals surface area contributed by atoms with Gasteiger partial charge >= 0.3 is 6.18 Å². The maximum Gasteiger partial charge on any atom is 0.416 e. The summed E-state index contributed by atoms with van der Waals surface area (Å²) in [6.07, 6.45) is -3.13. The Labute approximate surface area is 136 Å². The van der Waals surface area contributed by atoms with Gasteiger partial charge in [-0.15, -0.1) is 0 Å². The van der Waals surface area contributed by atoms with Crippen LogP contribution in [0.5, 0.6) is 0 Å². The van der Waals surface area contributed by atoms with E-state index in [2.05, 4.69) is 4.98 Å². The SMILES string of the molecule is Cc1[nH]ccc1C(=O)N1CC(O)CC1c1ccc(C(F)(F)F)cc1. The smallest absolute Gasteiger partial charge is 0.391 e. The molecule has 1 aromatic carbocycles. The molecule has 4 nitrogen and oxygen atoms in total. The zero-order valence-electron chi connectivity index (χ0n) is 13.0. The summed E-state index contributed by atoms with van der Waals surface area (Å²) in [5, 5.41) is 9.95. The highest BCUT2D eigenvalue weighted by Crippen LogP contribution is 2.36. The van der Waals surface area contributed by atoms with Crippen molar-refractivity contribution in [2.75, 3.05) is 6.54 Å². The second kappa shape index (κ2) is 5.98. The lowest BCUT2D eigenvalue weighted by atomic mass is 10.0. The van der Waals surface area contributed by atoms with Crippen LogP contribution in [0.2, 0.25) is 0 Å². The standard InChI is InChI=1S/C17H17F3N2O2/c1-10-14(6-7-21-10)16(24)22-9-13(23)8-15(22)11-2-4-12(5-3-11)17(18,19)20/h2-7,13,15,21,23H,8-9H2,1H3. The van der Waals surface area contributed by atoms with Gasteiger partial charge in [-0.2, -0.15) is 13.2 Å². The molecule has 2 unspecified atom stereocenters. The second-order valence-electron chi connectivity index (χ2n) is 6.00. The molecular weight excluding hydrogens is 321 g/mol. The highest BCUT2D eigenvalue weighted by atomic mass is 19.4. The molecule has 128 valence electrons. The van der Waals surface area contributed by atoms with Gasteiger partial charge in [0.25, 0.3) is 5.91 Å². The van der Waals surface area contributed by atoms with Crippen LogP contribution >= 0.6 is 0 Å². The molecule has 24 heavy (non-hydrogen) atoms. The number of aliphatic hydroxyl groups excluding tert-OH is 1. The second-order valence-corrected chi connectivity index (χ2v) is 6.00. The molecule has 3 rings (SSSR count). The van der Waals surface area contributed by atoms with Crippen LogP contribution in [0.3, 0.4) is 0 Å². The van der Waals surface area contributed by atoms with Crippen LogP contribution in [0.1, 0.15) is 39.6 Å². The summed E-state index contributed by atoms with van der Waals surface area (Å²) in [5.41, 5.74) is 1.07. The van der Waals surface area contributed by atoms with E-state index in [1.54, 1.807) is 19.2 Å². The van der Waals surface area contributed by atoms with Crippen molar-refractivity contribution in [1.82, 2.24) is 9.88 Å². The zero-order chi connectivity index (χ0) is 17.5. The number of halogens is 3. The fraction of sp³-hybridized carbons (Fsp3) is 0.353. The first kappa shape index (κ1) is 16.6. The van der Waals surface area contributed by atoms with Gasteiger partial charge in [-0.1, -0.05) is 12.1 Å². The van der Waals surface area contributed by atoms with Gasteiger partial charge in [0.15, 0.2) is 0 Å². The number of nitrogens with one attached hydrogen (secondary N) is 1. The molecule has 1 aromatic heterocycles. The Morgan fingerprint density at radius 3 is 2.46 bits per heavy atom. The molecule has 1 aliphatic heterocycles. The van der Waals surface area contributed by atoms with Crippen molar-refractivity contribution in [2.45, 2.75) is 31.7 Å². The molecule has 2 atom stereocenters. The van der Waals surface area contributed by atoms with E-state index in [0.717, 1.165) is 12.1 Å². The third kappa shape index (κ3) is 3.03. The molecule has 1 fully saturated rings. The molecule has 7 heteroatoms. The summed E-state index contributed by atoms with van der Waals surface area (Å²) >= 11 is 0. The molecule has 0 spiro atoms. The van der Waals surface area contributed by atoms with Gasteiger partial charge in [0, 0.05) is 18.4 Å². The van der Waals surface area contributed by atoms with Gasteiger partial charge in [-0.05, 0) is 37.1 Å². The predicted octanol–water partition coefficient (Wildman–Crippen LogP) is 3.29. The van der Waals surface area contributed by atoms with Crippen molar-refractivity contribution in [3.63, 3.8) is 0 Å². The van der Waals surface area contributed by atoms with Crippen LogP contribution in [-0.4, -0.2) is 33.5 Å². The maximum atomic E-state index is 12.7. The molecular formula is C17H17F3N2O2. The van der Waals surface area contributed by atoms with Crippen molar-refractivity contribution in [1.29, 1.82) is 0 Å². The summed E-state index contributed by atoms with van der Waals surface area (Å²) in [7, 11) is 0. The minimum absolute atomic E-state index is 0.162. The molecule has 1 amide bonds. The number of rotatable bonds is 2. The topological polar surface area (TPSA) is 56.3 Å². The average molecular weight is 338 g/mol. The van der Waals surface area contributed by atoms with Crippen LogP contribution in [0.25, 0.3) is 0 Å². The number of hydrogen-bond donors (Lipinski definition) is 2. The highest BCUT2D eigenvalue weighted by Gasteiger charge is 2.37. The van der Waals surface area contributed by atoms with Crippen molar-refractivity contribution >= 4 is 5.91 Å². The number of aromatic amines is 1. The number of β-amino-alcohol motifs (C(OH)–C–C–N with tert-alkyl or cyclic N) is 1. The highest BCUT2D eigenvalue weighted by molar-refractivity contribution is 5.95. The largest absolute Gasteiger partial charge is 0.416 e. The molecule has 0 saturated carbocycles. The van der Waals surface area contributed by atoms with Crippen molar-refractivity contribution < 1.29 is 23.1 Å². The first-order chi connectivity index (χ1) is 11.3. The van der Waals surface area contributed by atoms with Crippen LogP contribution < -0.4 is 0 Å². The van der Waals surface area contributed by atoms with E-state index in [-0.39, 0.29) is 12.5 Å². The Morgan fingerprint density at radius 2 is 1.92 bits per heavy atom. The van der Waals surface area contributed by atoms with Crippen molar-refractivity contribution in [3.05, 3.63) is 58.9 Å². The molecule has 2 N–H and O–H groups in total. The van der Waals surface area contributed by atoms with E-state index < -0.39 is 23.9 Å². The Kier molecular flexibility index (Phi) is 4.13. The fourth-order valence-corrected chi connectivity index (χ4v) is 3.09. The van der Waals surface area contributed by atoms with Gasteiger partial charge in [0.1, 0.15) is 0 Å². The summed E-state index contributed by atoms with van der Waals surface area (Å²) in [4.78, 5) is 17.1. The van der Waals surface area contributed by atoms with Crippen molar-refractivity contribution in [3.8, 4) is 0 Å². The minimum atomic E-state index is -4.40. The lowest BCUT2D eigenvalue weighted by molar-refractivity contribution is -0.137. The fourth-order valence-electron chi connectivity index (χ4n) is 3.09. The first-order valence-electron chi connectivity index (χ1n) is 7.57. The summed E-state index contributed by atoms with van der Waals surface area (Å²) < 4.78 is 38.1. The summed E-state index contributed by atoms with van der Waals surface area (Å²) in [5.74, 6) is -0.241. The number of carbonyl (C=O) groups is 1. The summed E-state index contributed by atoms with van der Waals surface area (Å²) in [6, 6.07) is 5.97. The molecule has 1 saturated heterocycles. The normalized spacial score (nSPS) is 21.3. The monoisotopic (exact) mass is 338 g/mol. The Balaban J connectivity index is 1.88. The maximum absolute atomic E-state index is 12.7. The van der Waals surface area contributed by atoms with E-state index in [0.29, 0.717) is 23.2 Å². The minimum Gasteiger partial charge on any atom is -0.391 e. The molecule has 0 bridgehead atoms. The van der Waals surface area contributed by atoms with E-state index >= 15 is 0 Å². The third-order valence-electron chi connectivity index (χ3n) is 4.35. The predicted molar refractivity (Wildman–Crippen MR) is 81.4 cm³/mol. The van der Waals surface area contributed by atoms with Gasteiger partial charge in [0.05, 0.1) is 23.3 Å². The number of amides is 1. The Bertz CT molecular complexity index is 737. The molecule has 1 aliphatic rings. The number of benzene rings is 1. The van der Waals surface area contributed by atoms with E-state index in [1.807, 2.05) is 0 Å². The lowest BCUT2D eigenvalue weighted by Crippen LogP contribution is -2.32. The molecule has 2 heterocycles. The van der Waals surface area contributed by atoms with Gasteiger partial charge in [-0.3, -0.25) is 4.79 Å². The van der Waals surface area contributed by atoms with E-state index in [1.165, 1.54) is 17.0 Å². The van der Waals surface area contributed by atoms with E-state index in [4.69, 9.17) is 0 Å². The number of alkyl halides is 3. The number of aryl methyl sites for hydroxylation is 1. The van der Waals surface area contributed by atoms with Gasteiger partial charge in [-0.25, -0.2) is 0 Å². The van der Waals surface area contributed by atoms with Crippen LogP contribution in [0, 0.1) is 6.92 Å². The van der Waals surface area contributed by atoms with Crippen LogP contribution in [0.15, 0.2) is 36.5 Å². The van der Waals surface area contributed by atoms with E-state index in [9.17, 15) is 23.1 Å². The Hall–Kier alpha value is -2.28. The van der Waals surface area contributed by atoms with Gasteiger partial charge < -0.3 is 15.0 Å². The number of carbonyl (C=O) groups excluding carboxylic acids is 1. The number of nitrogens with zero attached hydrogens (tertiary/aromatic N) is 1. The number of aliphatic hydroxyl groups is 1. The summed E-state index contributed by atoms with van der Waals surface area (Å²) in [6.45, 7) is 1.93. The number of H-pyrrole nitrogens is 1. The van der Waals surface area contributed by atoms with Gasteiger partial charge in [0.2, 0.25) is 0 Å². The van der Waals surface area contributed by atoms with Crippen LogP contribution in [0.4, 0.5) is 13.2 Å². The third-order valence-corrected chi connectivity index (χ3v) is 4.35. The molecule has 0 aliphatic carbocycles.